The molecule has 0 atom stereocenters. The van der Waals surface area contributed by atoms with E-state index in [0.717, 1.165) is 6.29 Å². The molecule has 1 aromatic rings. The van der Waals surface area contributed by atoms with Gasteiger partial charge in [0.1, 0.15) is 12.0 Å². The number of hydrogen-bond donors (Lipinski definition) is 0. The number of carbonyl (C=O) groups is 1. The van der Waals surface area contributed by atoms with E-state index in [1.807, 2.05) is 13.0 Å². The Morgan fingerprint density at radius 3 is 2.08 bits per heavy atom. The first-order valence-corrected chi connectivity index (χ1v) is 3.67. The maximum Gasteiger partial charge on any atom is 0.119 e. The molecule has 64 valence electrons. The van der Waals surface area contributed by atoms with E-state index >= 15 is 0 Å². The zero-order valence-electron chi connectivity index (χ0n) is 6.93. The van der Waals surface area contributed by atoms with Crippen molar-refractivity contribution < 1.29 is 4.79 Å². The van der Waals surface area contributed by atoms with Crippen LogP contribution in [0.5, 0.6) is 0 Å². The Morgan fingerprint density at radius 1 is 1.33 bits per heavy atom. The Bertz CT molecular complexity index is 221. The standard InChI is InChI=1S/C6H5NO.C3H6O/c8-7-6-4-2-1-3-5-6;1-2-3-4/h1-5H;3H,2H2,1H3. The molecular formula is C9H11NO2. The molecule has 0 N–H and O–H groups in total. The van der Waals surface area contributed by atoms with Crippen molar-refractivity contribution in [3.63, 3.8) is 0 Å². The van der Waals surface area contributed by atoms with Gasteiger partial charge in [-0.25, -0.2) is 0 Å². The Labute approximate surface area is 71.4 Å². The first kappa shape index (κ1) is 10.5. The molecule has 0 saturated heterocycles. The van der Waals surface area contributed by atoms with Crippen LogP contribution in [0.1, 0.15) is 13.3 Å². The first-order chi connectivity index (χ1) is 5.85. The predicted molar refractivity (Wildman–Crippen MR) is 48.3 cm³/mol. The minimum Gasteiger partial charge on any atom is -0.303 e. The van der Waals surface area contributed by atoms with Gasteiger partial charge in [-0.2, -0.15) is 0 Å². The van der Waals surface area contributed by atoms with Crippen LogP contribution in [0.3, 0.4) is 0 Å². The summed E-state index contributed by atoms with van der Waals surface area (Å²) >= 11 is 0. The van der Waals surface area contributed by atoms with Crippen LogP contribution in [0.4, 0.5) is 5.69 Å². The summed E-state index contributed by atoms with van der Waals surface area (Å²) in [5, 5.41) is 2.72. The third-order valence-corrected chi connectivity index (χ3v) is 1.03. The Balaban J connectivity index is 0.000000261. The second-order valence-electron chi connectivity index (χ2n) is 2.00. The van der Waals surface area contributed by atoms with Crippen molar-refractivity contribution >= 4 is 12.0 Å². The van der Waals surface area contributed by atoms with E-state index in [1.54, 1.807) is 24.3 Å². The summed E-state index contributed by atoms with van der Waals surface area (Å²) in [4.78, 5) is 18.9. The second-order valence-corrected chi connectivity index (χ2v) is 2.00. The highest BCUT2D eigenvalue weighted by molar-refractivity contribution is 5.48. The van der Waals surface area contributed by atoms with Crippen LogP contribution in [0.25, 0.3) is 0 Å². The first-order valence-electron chi connectivity index (χ1n) is 3.67. The molecule has 0 saturated carbocycles. The van der Waals surface area contributed by atoms with Crippen LogP contribution >= 0.6 is 0 Å². The Kier molecular flexibility index (Phi) is 6.64. The van der Waals surface area contributed by atoms with Crippen molar-refractivity contribution in [3.8, 4) is 0 Å². The quantitative estimate of drug-likeness (QED) is 0.499. The molecule has 0 fully saturated rings. The zero-order chi connectivity index (χ0) is 9.23. The van der Waals surface area contributed by atoms with Gasteiger partial charge in [-0.05, 0) is 17.3 Å². The summed E-state index contributed by atoms with van der Waals surface area (Å²) in [7, 11) is 0. The van der Waals surface area contributed by atoms with Gasteiger partial charge in [0.25, 0.3) is 0 Å². The van der Waals surface area contributed by atoms with E-state index < -0.39 is 0 Å². The normalized spacial score (nSPS) is 7.75. The SMILES string of the molecule is CCC=O.O=Nc1ccccc1. The number of rotatable bonds is 2. The van der Waals surface area contributed by atoms with E-state index in [9.17, 15) is 9.70 Å². The lowest BCUT2D eigenvalue weighted by Crippen LogP contribution is -1.56. The lowest BCUT2D eigenvalue weighted by molar-refractivity contribution is -0.107. The highest BCUT2D eigenvalue weighted by Crippen LogP contribution is 2.07. The molecule has 0 bridgehead atoms. The van der Waals surface area contributed by atoms with Crippen LogP contribution in [-0.2, 0) is 4.79 Å². The molecular weight excluding hydrogens is 154 g/mol. The maximum absolute atomic E-state index is 9.76. The fraction of sp³-hybridized carbons (Fsp3) is 0.222. The molecule has 0 aliphatic heterocycles. The van der Waals surface area contributed by atoms with Crippen molar-refractivity contribution in [2.24, 2.45) is 5.18 Å². The predicted octanol–water partition coefficient (Wildman–Crippen LogP) is 2.68. The van der Waals surface area contributed by atoms with Crippen molar-refractivity contribution in [1.82, 2.24) is 0 Å². The monoisotopic (exact) mass is 165 g/mol. The average molecular weight is 165 g/mol. The molecule has 0 heterocycles. The van der Waals surface area contributed by atoms with Crippen LogP contribution in [0.2, 0.25) is 0 Å². The number of hydrogen-bond acceptors (Lipinski definition) is 3. The molecule has 0 aliphatic carbocycles. The van der Waals surface area contributed by atoms with Gasteiger partial charge in [0.15, 0.2) is 0 Å². The fourth-order valence-corrected chi connectivity index (χ4v) is 0.489. The highest BCUT2D eigenvalue weighted by atomic mass is 16.3. The molecule has 3 nitrogen and oxygen atoms in total. The van der Waals surface area contributed by atoms with Gasteiger partial charge in [-0.3, -0.25) is 0 Å². The van der Waals surface area contributed by atoms with E-state index in [1.165, 1.54) is 0 Å². The Morgan fingerprint density at radius 2 is 1.83 bits per heavy atom. The molecule has 0 radical (unpaired) electrons. The van der Waals surface area contributed by atoms with Gasteiger partial charge < -0.3 is 4.79 Å². The smallest absolute Gasteiger partial charge is 0.119 e. The van der Waals surface area contributed by atoms with E-state index in [2.05, 4.69) is 5.18 Å². The van der Waals surface area contributed by atoms with E-state index in [-0.39, 0.29) is 0 Å². The minimum absolute atomic E-state index is 0.479. The number of nitroso groups, excluding NO2 is 1. The number of carbonyl (C=O) groups excluding carboxylic acids is 1. The molecule has 0 aliphatic rings. The van der Waals surface area contributed by atoms with Gasteiger partial charge in [-0.1, -0.05) is 25.1 Å². The summed E-state index contributed by atoms with van der Waals surface area (Å²) in [5.41, 5.74) is 0.479. The third kappa shape index (κ3) is 5.29. The summed E-state index contributed by atoms with van der Waals surface area (Å²) in [6, 6.07) is 8.71. The lowest BCUT2D eigenvalue weighted by Gasteiger charge is -1.80. The van der Waals surface area contributed by atoms with Gasteiger partial charge in [0.2, 0.25) is 0 Å². The minimum atomic E-state index is 0.479. The molecule has 0 unspecified atom stereocenters. The molecule has 0 spiro atoms. The summed E-state index contributed by atoms with van der Waals surface area (Å²) in [6.07, 6.45) is 1.51. The topological polar surface area (TPSA) is 46.5 Å². The van der Waals surface area contributed by atoms with E-state index in [4.69, 9.17) is 0 Å². The summed E-state index contributed by atoms with van der Waals surface area (Å²) < 4.78 is 0. The highest BCUT2D eigenvalue weighted by Gasteiger charge is 1.81. The van der Waals surface area contributed by atoms with Crippen LogP contribution in [0.15, 0.2) is 35.5 Å². The van der Waals surface area contributed by atoms with Crippen molar-refractivity contribution in [3.05, 3.63) is 35.2 Å². The van der Waals surface area contributed by atoms with Crippen molar-refractivity contribution in [2.75, 3.05) is 0 Å². The van der Waals surface area contributed by atoms with Crippen molar-refractivity contribution in [1.29, 1.82) is 0 Å². The Hall–Kier alpha value is -1.51. The van der Waals surface area contributed by atoms with Gasteiger partial charge in [-0.15, -0.1) is 4.91 Å². The van der Waals surface area contributed by atoms with Crippen LogP contribution < -0.4 is 0 Å². The number of benzene rings is 1. The summed E-state index contributed by atoms with van der Waals surface area (Å²) in [6.45, 7) is 1.81. The summed E-state index contributed by atoms with van der Waals surface area (Å²) in [5.74, 6) is 0. The number of aldehydes is 1. The lowest BCUT2D eigenvalue weighted by atomic mass is 10.3. The molecule has 1 aromatic carbocycles. The molecule has 3 heteroatoms. The molecule has 0 aromatic heterocycles. The van der Waals surface area contributed by atoms with Gasteiger partial charge in [0.05, 0.1) is 0 Å². The second kappa shape index (κ2) is 7.60. The molecule has 12 heavy (non-hydrogen) atoms. The van der Waals surface area contributed by atoms with Gasteiger partial charge >= 0.3 is 0 Å². The largest absolute Gasteiger partial charge is 0.303 e. The average Bonchev–Trinajstić information content (AvgIpc) is 2.19. The maximum atomic E-state index is 9.76. The number of nitrogens with zero attached hydrogens (tertiary/aromatic N) is 1. The van der Waals surface area contributed by atoms with Crippen molar-refractivity contribution in [2.45, 2.75) is 13.3 Å². The van der Waals surface area contributed by atoms with Crippen LogP contribution in [-0.4, -0.2) is 6.29 Å². The zero-order valence-corrected chi connectivity index (χ0v) is 6.93. The molecule has 1 rings (SSSR count). The fourth-order valence-electron chi connectivity index (χ4n) is 0.489. The van der Waals surface area contributed by atoms with Crippen LogP contribution in [0, 0.1) is 4.91 Å². The third-order valence-electron chi connectivity index (χ3n) is 1.03. The molecule has 0 amide bonds. The van der Waals surface area contributed by atoms with E-state index in [0.29, 0.717) is 12.1 Å². The van der Waals surface area contributed by atoms with Gasteiger partial charge in [0, 0.05) is 6.42 Å².